The van der Waals surface area contributed by atoms with Crippen LogP contribution in [-0.4, -0.2) is 15.1 Å². The van der Waals surface area contributed by atoms with Crippen molar-refractivity contribution in [2.75, 3.05) is 4.90 Å². The van der Waals surface area contributed by atoms with Gasteiger partial charge in [0.25, 0.3) is 0 Å². The van der Waals surface area contributed by atoms with Crippen LogP contribution in [0.25, 0.3) is 33.8 Å². The zero-order valence-electron chi connectivity index (χ0n) is 28.7. The molecule has 2 atom stereocenters. The van der Waals surface area contributed by atoms with Crippen LogP contribution in [0.2, 0.25) is 0 Å². The molecule has 2 unspecified atom stereocenters. The van der Waals surface area contributed by atoms with E-state index in [1.165, 1.54) is 61.3 Å². The van der Waals surface area contributed by atoms with E-state index in [0.717, 1.165) is 24.3 Å². The van der Waals surface area contributed by atoms with Crippen LogP contribution in [0.4, 0.5) is 11.5 Å². The first-order valence-electron chi connectivity index (χ1n) is 17.6. The largest absolute Gasteiger partial charge is 0.317 e. The van der Waals surface area contributed by atoms with E-state index in [0.29, 0.717) is 5.92 Å². The van der Waals surface area contributed by atoms with Crippen molar-refractivity contribution in [3.05, 3.63) is 173 Å². The van der Waals surface area contributed by atoms with Crippen LogP contribution in [0, 0.1) is 5.92 Å². The number of hydrogen-bond acceptors (Lipinski definition) is 2. The third-order valence-corrected chi connectivity index (χ3v) is 11.2. The molecule has 0 N–H and O–H groups in total. The molecule has 0 bridgehead atoms. The number of aromatic nitrogens is 2. The van der Waals surface area contributed by atoms with Crippen LogP contribution in [0.5, 0.6) is 0 Å². The SMILES string of the molecule is CC1Cc2c(c3ccccc3n2-c2ccccc2)C=C1c1ccc(N(c2ccccn2)C2(C)C=C3C(=CC2)c2ccccc2C3(C)C)cc1. The van der Waals surface area contributed by atoms with Crippen LogP contribution in [-0.2, 0) is 11.8 Å². The van der Waals surface area contributed by atoms with Crippen LogP contribution in [0.1, 0.15) is 62.1 Å². The Balaban J connectivity index is 1.12. The third kappa shape index (κ3) is 4.59. The maximum absolute atomic E-state index is 4.91. The molecule has 3 nitrogen and oxygen atoms in total. The lowest BCUT2D eigenvalue weighted by atomic mass is 9.76. The number of allylic oxidation sites excluding steroid dienone is 3. The number of nitrogens with zero attached hydrogens (tertiary/aromatic N) is 3. The van der Waals surface area contributed by atoms with Gasteiger partial charge in [-0.05, 0) is 108 Å². The Hall–Kier alpha value is -5.41. The van der Waals surface area contributed by atoms with E-state index in [9.17, 15) is 0 Å². The average Bonchev–Trinajstić information content (AvgIpc) is 3.56. The fourth-order valence-corrected chi connectivity index (χ4v) is 8.80. The van der Waals surface area contributed by atoms with Gasteiger partial charge in [-0.25, -0.2) is 4.98 Å². The smallest absolute Gasteiger partial charge is 0.133 e. The summed E-state index contributed by atoms with van der Waals surface area (Å²) in [5, 5.41) is 1.31. The highest BCUT2D eigenvalue weighted by Gasteiger charge is 2.44. The molecule has 0 aliphatic heterocycles. The van der Waals surface area contributed by atoms with Crippen LogP contribution >= 0.6 is 0 Å². The Bertz CT molecular complexity index is 2320. The highest BCUT2D eigenvalue weighted by Crippen LogP contribution is 2.54. The summed E-state index contributed by atoms with van der Waals surface area (Å²) in [6.07, 6.45) is 11.2. The maximum Gasteiger partial charge on any atom is 0.133 e. The van der Waals surface area contributed by atoms with Gasteiger partial charge in [0.2, 0.25) is 0 Å². The zero-order valence-corrected chi connectivity index (χ0v) is 28.7. The van der Waals surface area contributed by atoms with Gasteiger partial charge in [0.05, 0.1) is 11.1 Å². The van der Waals surface area contributed by atoms with Gasteiger partial charge in [0.15, 0.2) is 0 Å². The van der Waals surface area contributed by atoms with E-state index in [-0.39, 0.29) is 11.0 Å². The van der Waals surface area contributed by atoms with Crippen molar-refractivity contribution < 1.29 is 0 Å². The molecular formula is C46H41N3. The van der Waals surface area contributed by atoms with Gasteiger partial charge in [-0.2, -0.15) is 0 Å². The highest BCUT2D eigenvalue weighted by molar-refractivity contribution is 5.99. The molecule has 9 rings (SSSR count). The fourth-order valence-electron chi connectivity index (χ4n) is 8.80. The number of benzene rings is 4. The Morgan fingerprint density at radius 1 is 0.776 bits per heavy atom. The van der Waals surface area contributed by atoms with Crippen LogP contribution in [0.15, 0.2) is 145 Å². The predicted molar refractivity (Wildman–Crippen MR) is 205 cm³/mol. The van der Waals surface area contributed by atoms with E-state index >= 15 is 0 Å². The van der Waals surface area contributed by atoms with E-state index in [1.807, 2.05) is 12.3 Å². The molecule has 240 valence electrons. The maximum atomic E-state index is 4.91. The third-order valence-electron chi connectivity index (χ3n) is 11.2. The molecule has 49 heavy (non-hydrogen) atoms. The van der Waals surface area contributed by atoms with Gasteiger partial charge in [-0.1, -0.05) is 112 Å². The molecule has 0 fully saturated rings. The zero-order chi connectivity index (χ0) is 33.3. The topological polar surface area (TPSA) is 21.1 Å². The fraction of sp³-hybridized carbons (Fsp3) is 0.196. The minimum absolute atomic E-state index is 0.0597. The molecule has 0 radical (unpaired) electrons. The summed E-state index contributed by atoms with van der Waals surface area (Å²) in [6.45, 7) is 9.47. The lowest BCUT2D eigenvalue weighted by Crippen LogP contribution is -2.44. The van der Waals surface area contributed by atoms with Gasteiger partial charge < -0.3 is 9.47 Å². The molecule has 0 amide bonds. The predicted octanol–water partition coefficient (Wildman–Crippen LogP) is 11.4. The number of pyridine rings is 1. The van der Waals surface area contributed by atoms with Gasteiger partial charge in [0.1, 0.15) is 5.82 Å². The minimum atomic E-state index is -0.292. The van der Waals surface area contributed by atoms with Crippen molar-refractivity contribution in [3.8, 4) is 5.69 Å². The summed E-state index contributed by atoms with van der Waals surface area (Å²) in [5.41, 5.74) is 14.3. The highest BCUT2D eigenvalue weighted by atomic mass is 15.2. The molecule has 6 aromatic rings. The Labute approximate surface area is 289 Å². The number of para-hydroxylation sites is 2. The average molecular weight is 636 g/mol. The quantitative estimate of drug-likeness (QED) is 0.188. The summed E-state index contributed by atoms with van der Waals surface area (Å²) in [6, 6.07) is 44.0. The van der Waals surface area contributed by atoms with Crippen molar-refractivity contribution in [2.24, 2.45) is 5.92 Å². The van der Waals surface area contributed by atoms with Crippen molar-refractivity contribution in [1.29, 1.82) is 0 Å². The number of anilines is 2. The normalized spacial score (nSPS) is 20.5. The first kappa shape index (κ1) is 29.7. The molecule has 4 aromatic carbocycles. The van der Waals surface area contributed by atoms with E-state index in [4.69, 9.17) is 4.98 Å². The van der Waals surface area contributed by atoms with Crippen LogP contribution in [0.3, 0.4) is 0 Å². The second-order valence-electron chi connectivity index (χ2n) is 14.7. The summed E-state index contributed by atoms with van der Waals surface area (Å²) >= 11 is 0. The van der Waals surface area contributed by atoms with Gasteiger partial charge in [-0.15, -0.1) is 0 Å². The van der Waals surface area contributed by atoms with E-state index in [1.54, 1.807) is 0 Å². The van der Waals surface area contributed by atoms with E-state index in [2.05, 4.69) is 171 Å². The Kier molecular flexibility index (Phi) is 6.71. The second kappa shape index (κ2) is 11.1. The molecule has 2 aromatic heterocycles. The van der Waals surface area contributed by atoms with E-state index < -0.39 is 0 Å². The second-order valence-corrected chi connectivity index (χ2v) is 14.7. The minimum Gasteiger partial charge on any atom is -0.317 e. The first-order valence-corrected chi connectivity index (χ1v) is 17.6. The molecule has 3 heteroatoms. The lowest BCUT2D eigenvalue weighted by molar-refractivity contribution is 0.546. The summed E-state index contributed by atoms with van der Waals surface area (Å²) < 4.78 is 2.46. The Morgan fingerprint density at radius 3 is 2.31 bits per heavy atom. The molecule has 3 aliphatic carbocycles. The number of hydrogen-bond donors (Lipinski definition) is 0. The molecular weight excluding hydrogens is 595 g/mol. The first-order chi connectivity index (χ1) is 23.8. The number of fused-ring (bicyclic) bond motifs is 6. The van der Waals surface area contributed by atoms with Gasteiger partial charge in [-0.3, -0.25) is 0 Å². The Morgan fingerprint density at radius 2 is 1.51 bits per heavy atom. The molecule has 3 aliphatic rings. The molecule has 2 heterocycles. The summed E-state index contributed by atoms with van der Waals surface area (Å²) in [7, 11) is 0. The monoisotopic (exact) mass is 635 g/mol. The lowest BCUT2D eigenvalue weighted by Gasteiger charge is -2.43. The molecule has 0 spiro atoms. The van der Waals surface area contributed by atoms with Crippen LogP contribution < -0.4 is 4.90 Å². The van der Waals surface area contributed by atoms with Gasteiger partial charge >= 0.3 is 0 Å². The van der Waals surface area contributed by atoms with Gasteiger partial charge in [0, 0.05) is 39.6 Å². The van der Waals surface area contributed by atoms with Crippen molar-refractivity contribution in [1.82, 2.24) is 9.55 Å². The molecule has 0 saturated carbocycles. The summed E-state index contributed by atoms with van der Waals surface area (Å²) in [5.74, 6) is 1.34. The summed E-state index contributed by atoms with van der Waals surface area (Å²) in [4.78, 5) is 7.35. The standard InChI is InChI=1S/C46H41N3/c1-31-28-43-39(37-17-9-11-19-42(37)48(43)33-14-6-5-7-15-33)29-38(31)32-21-23-34(24-22-32)49(44-20-12-13-27-47-44)46(4)26-25-36-35-16-8-10-18-40(35)45(2,3)41(36)30-46/h5-25,27,29-31H,26,28H2,1-4H3. The van der Waals surface area contributed by atoms with Crippen molar-refractivity contribution in [2.45, 2.75) is 51.5 Å². The van der Waals surface area contributed by atoms with Crippen molar-refractivity contribution >= 4 is 39.6 Å². The molecule has 0 saturated heterocycles. The van der Waals surface area contributed by atoms with Crippen molar-refractivity contribution in [3.63, 3.8) is 0 Å². The number of rotatable bonds is 5.